The van der Waals surface area contributed by atoms with E-state index in [-0.39, 0.29) is 18.5 Å². The van der Waals surface area contributed by atoms with Crippen LogP contribution in [0.25, 0.3) is 21.5 Å². The van der Waals surface area contributed by atoms with E-state index in [2.05, 4.69) is 47.5 Å². The van der Waals surface area contributed by atoms with Crippen LogP contribution in [0.3, 0.4) is 0 Å². The summed E-state index contributed by atoms with van der Waals surface area (Å²) < 4.78 is 7.79. The number of hydrogen-bond acceptors (Lipinski definition) is 6. The molecule has 1 N–H and O–H groups in total. The Balaban J connectivity index is 1.37. The number of carboxylic acids is 1. The standard InChI is InChI=1S/C34H44N4O4S/c1-5-6-7-11-28-12-13-31(43-28)30-21-26(35-42-30)14-19-37-29(20-25-10-8-9-24(4)33(25)37)34(41)38(22-32(39)40)27-15-17-36(18-16-27)23(2)3/h8-10,12-13,20-21,23,27H,5-7,11,14-19,22H2,1-4H3,(H,39,40). The Bertz CT molecular complexity index is 1540. The first-order valence-corrected chi connectivity index (χ1v) is 16.5. The monoisotopic (exact) mass is 604 g/mol. The van der Waals surface area contributed by atoms with Crippen molar-refractivity contribution in [2.24, 2.45) is 0 Å². The molecule has 0 spiro atoms. The van der Waals surface area contributed by atoms with Crippen LogP contribution in [0.1, 0.15) is 79.5 Å². The van der Waals surface area contributed by atoms with E-state index in [1.54, 1.807) is 16.2 Å². The van der Waals surface area contributed by atoms with Crippen LogP contribution in [0.15, 0.2) is 47.0 Å². The molecule has 0 radical (unpaired) electrons. The van der Waals surface area contributed by atoms with Gasteiger partial charge in [-0.05, 0) is 70.2 Å². The van der Waals surface area contributed by atoms with Crippen LogP contribution in [0.4, 0.5) is 0 Å². The van der Waals surface area contributed by atoms with Gasteiger partial charge in [-0.1, -0.05) is 43.1 Å². The van der Waals surface area contributed by atoms with E-state index < -0.39 is 5.97 Å². The molecular formula is C34H44N4O4S. The van der Waals surface area contributed by atoms with Gasteiger partial charge in [-0.25, -0.2) is 0 Å². The van der Waals surface area contributed by atoms with E-state index in [4.69, 9.17) is 4.52 Å². The highest BCUT2D eigenvalue weighted by atomic mass is 32.1. The number of carbonyl (C=O) groups is 2. The lowest BCUT2D eigenvalue weighted by atomic mass is 10.0. The molecule has 5 rings (SSSR count). The molecule has 1 aliphatic rings. The van der Waals surface area contributed by atoms with Crippen LogP contribution in [0.5, 0.6) is 0 Å². The average Bonchev–Trinajstić information content (AvgIpc) is 3.74. The molecule has 0 aliphatic carbocycles. The fourth-order valence-electron chi connectivity index (χ4n) is 6.26. The van der Waals surface area contributed by atoms with Crippen molar-refractivity contribution < 1.29 is 19.2 Å². The molecule has 1 amide bonds. The minimum atomic E-state index is -0.990. The van der Waals surface area contributed by atoms with E-state index in [1.807, 2.05) is 37.3 Å². The van der Waals surface area contributed by atoms with E-state index in [0.29, 0.717) is 24.7 Å². The summed E-state index contributed by atoms with van der Waals surface area (Å²) in [7, 11) is 0. The molecule has 4 aromatic rings. The first kappa shape index (κ1) is 31.0. The minimum absolute atomic E-state index is 0.109. The van der Waals surface area contributed by atoms with Gasteiger partial charge in [-0.2, -0.15) is 0 Å². The highest BCUT2D eigenvalue weighted by molar-refractivity contribution is 7.15. The second kappa shape index (κ2) is 13.9. The maximum Gasteiger partial charge on any atom is 0.323 e. The third-order valence-electron chi connectivity index (χ3n) is 8.66. The fourth-order valence-corrected chi connectivity index (χ4v) is 7.26. The van der Waals surface area contributed by atoms with E-state index >= 15 is 0 Å². The van der Waals surface area contributed by atoms with Gasteiger partial charge in [0.25, 0.3) is 5.91 Å². The molecule has 43 heavy (non-hydrogen) atoms. The number of carbonyl (C=O) groups excluding carboxylic acids is 1. The lowest BCUT2D eigenvalue weighted by molar-refractivity contribution is -0.138. The number of aliphatic carboxylic acids is 1. The second-order valence-electron chi connectivity index (χ2n) is 12.0. The number of aromatic nitrogens is 2. The summed E-state index contributed by atoms with van der Waals surface area (Å²) in [4.78, 5) is 32.5. The Labute approximate surface area is 258 Å². The molecule has 0 saturated carbocycles. The zero-order valence-corrected chi connectivity index (χ0v) is 26.7. The highest BCUT2D eigenvalue weighted by Gasteiger charge is 2.32. The number of piperidine rings is 1. The van der Waals surface area contributed by atoms with Gasteiger partial charge in [0.2, 0.25) is 0 Å². The molecule has 8 nitrogen and oxygen atoms in total. The third-order valence-corrected chi connectivity index (χ3v) is 9.82. The number of aryl methyl sites for hydroxylation is 4. The number of likely N-dealkylation sites (tertiary alicyclic amines) is 1. The summed E-state index contributed by atoms with van der Waals surface area (Å²) in [5.41, 5.74) is 3.42. The Morgan fingerprint density at radius 3 is 2.63 bits per heavy atom. The molecule has 1 fully saturated rings. The van der Waals surface area contributed by atoms with Crippen molar-refractivity contribution >= 4 is 34.1 Å². The molecule has 3 aromatic heterocycles. The lowest BCUT2D eigenvalue weighted by Crippen LogP contribution is -2.50. The number of amides is 1. The second-order valence-corrected chi connectivity index (χ2v) is 13.2. The highest BCUT2D eigenvalue weighted by Crippen LogP contribution is 2.31. The predicted molar refractivity (Wildman–Crippen MR) is 172 cm³/mol. The van der Waals surface area contributed by atoms with E-state index in [1.165, 1.54) is 24.1 Å². The zero-order chi connectivity index (χ0) is 30.5. The van der Waals surface area contributed by atoms with Gasteiger partial charge < -0.3 is 24.0 Å². The van der Waals surface area contributed by atoms with Crippen molar-refractivity contribution in [1.82, 2.24) is 19.5 Å². The maximum atomic E-state index is 14.2. The van der Waals surface area contributed by atoms with Crippen LogP contribution < -0.4 is 0 Å². The van der Waals surface area contributed by atoms with Gasteiger partial charge in [0.15, 0.2) is 5.76 Å². The van der Waals surface area contributed by atoms with E-state index in [9.17, 15) is 14.7 Å². The van der Waals surface area contributed by atoms with Gasteiger partial charge in [0, 0.05) is 54.5 Å². The van der Waals surface area contributed by atoms with Crippen molar-refractivity contribution in [3.05, 3.63) is 64.3 Å². The number of unbranched alkanes of at least 4 members (excludes halogenated alkanes) is 2. The number of thiophene rings is 1. The zero-order valence-electron chi connectivity index (χ0n) is 25.8. The smallest absolute Gasteiger partial charge is 0.323 e. The summed E-state index contributed by atoms with van der Waals surface area (Å²) in [6.45, 7) is 10.5. The first-order valence-electron chi connectivity index (χ1n) is 15.7. The van der Waals surface area contributed by atoms with Gasteiger partial charge in [-0.3, -0.25) is 9.59 Å². The Kier molecular flexibility index (Phi) is 10.0. The predicted octanol–water partition coefficient (Wildman–Crippen LogP) is 7.04. The van der Waals surface area contributed by atoms with Crippen molar-refractivity contribution in [3.63, 3.8) is 0 Å². The summed E-state index contributed by atoms with van der Waals surface area (Å²) in [6, 6.07) is 14.6. The lowest BCUT2D eigenvalue weighted by Gasteiger charge is -2.39. The number of para-hydroxylation sites is 1. The normalized spacial score (nSPS) is 14.6. The van der Waals surface area contributed by atoms with Crippen molar-refractivity contribution in [1.29, 1.82) is 0 Å². The fraction of sp³-hybridized carbons (Fsp3) is 0.500. The number of hydrogen-bond donors (Lipinski definition) is 1. The van der Waals surface area contributed by atoms with Crippen LogP contribution in [-0.2, 0) is 24.2 Å². The van der Waals surface area contributed by atoms with Gasteiger partial charge in [0.05, 0.1) is 16.1 Å². The summed E-state index contributed by atoms with van der Waals surface area (Å²) >= 11 is 1.76. The van der Waals surface area contributed by atoms with Crippen LogP contribution in [0, 0.1) is 6.92 Å². The molecule has 0 atom stereocenters. The third kappa shape index (κ3) is 7.21. The van der Waals surface area contributed by atoms with Gasteiger partial charge >= 0.3 is 5.97 Å². The molecule has 0 unspecified atom stereocenters. The minimum Gasteiger partial charge on any atom is -0.480 e. The Morgan fingerprint density at radius 2 is 1.91 bits per heavy atom. The van der Waals surface area contributed by atoms with Gasteiger partial charge in [-0.15, -0.1) is 11.3 Å². The molecule has 9 heteroatoms. The van der Waals surface area contributed by atoms with Gasteiger partial charge in [0.1, 0.15) is 12.2 Å². The first-order chi connectivity index (χ1) is 20.7. The number of nitrogens with zero attached hydrogens (tertiary/aromatic N) is 4. The summed E-state index contributed by atoms with van der Waals surface area (Å²) in [5.74, 6) is -0.446. The number of rotatable bonds is 13. The van der Waals surface area contributed by atoms with Crippen molar-refractivity contribution in [3.8, 4) is 10.6 Å². The molecule has 0 bridgehead atoms. The van der Waals surface area contributed by atoms with Crippen LogP contribution in [0.2, 0.25) is 0 Å². The Morgan fingerprint density at radius 1 is 1.12 bits per heavy atom. The number of benzene rings is 1. The Hall–Kier alpha value is -3.43. The summed E-state index contributed by atoms with van der Waals surface area (Å²) in [5, 5.41) is 15.1. The molecule has 4 heterocycles. The van der Waals surface area contributed by atoms with Crippen LogP contribution >= 0.6 is 11.3 Å². The van der Waals surface area contributed by atoms with Crippen LogP contribution in [-0.4, -0.2) is 68.2 Å². The molecular weight excluding hydrogens is 560 g/mol. The topological polar surface area (TPSA) is 91.8 Å². The summed E-state index contributed by atoms with van der Waals surface area (Å²) in [6.07, 6.45) is 6.85. The SMILES string of the molecule is CCCCCc1ccc(-c2cc(CCn3c(C(=O)N(CC(=O)O)C4CCN(C(C)C)CC4)cc4cccc(C)c43)no2)s1. The largest absolute Gasteiger partial charge is 0.480 e. The average molecular weight is 605 g/mol. The quantitative estimate of drug-likeness (QED) is 0.165. The van der Waals surface area contributed by atoms with E-state index in [0.717, 1.165) is 65.1 Å². The molecule has 1 aromatic carbocycles. The molecule has 230 valence electrons. The van der Waals surface area contributed by atoms with Crippen molar-refractivity contribution in [2.75, 3.05) is 19.6 Å². The number of carboxylic acid groups (broad SMARTS) is 1. The molecule has 1 saturated heterocycles. The van der Waals surface area contributed by atoms with Crippen molar-refractivity contribution in [2.45, 2.75) is 91.3 Å². The molecule has 1 aliphatic heterocycles. The maximum absolute atomic E-state index is 14.2. The number of fused-ring (bicyclic) bond motifs is 1.